The molecule has 0 radical (unpaired) electrons. The first-order valence-electron chi connectivity index (χ1n) is 8.78. The number of aryl methyl sites for hydroxylation is 1. The molecule has 4 rings (SSSR count). The maximum atomic E-state index is 12.8. The van der Waals surface area contributed by atoms with Gasteiger partial charge in [0.2, 0.25) is 0 Å². The molecule has 0 unspecified atom stereocenters. The highest BCUT2D eigenvalue weighted by atomic mass is 16.1. The molecule has 0 fully saturated rings. The van der Waals surface area contributed by atoms with Crippen molar-refractivity contribution in [1.82, 2.24) is 19.3 Å². The van der Waals surface area contributed by atoms with Gasteiger partial charge in [0, 0.05) is 5.56 Å². The highest BCUT2D eigenvalue weighted by Gasteiger charge is 2.14. The van der Waals surface area contributed by atoms with E-state index in [-0.39, 0.29) is 17.9 Å². The van der Waals surface area contributed by atoms with Gasteiger partial charge in [-0.15, -0.1) is 0 Å². The summed E-state index contributed by atoms with van der Waals surface area (Å²) in [4.78, 5) is 29.6. The van der Waals surface area contributed by atoms with Crippen LogP contribution >= 0.6 is 0 Å². The maximum absolute atomic E-state index is 12.8. The van der Waals surface area contributed by atoms with Gasteiger partial charge < -0.3 is 0 Å². The molecule has 0 aliphatic carbocycles. The average Bonchev–Trinajstić information content (AvgIpc) is 3.15. The Morgan fingerprint density at radius 3 is 2.48 bits per heavy atom. The summed E-state index contributed by atoms with van der Waals surface area (Å²) in [7, 11) is 0. The molecule has 0 saturated heterocycles. The lowest BCUT2D eigenvalue weighted by Gasteiger charge is -2.06. The Morgan fingerprint density at radius 2 is 1.78 bits per heavy atom. The Bertz CT molecular complexity index is 1160. The molecule has 0 aliphatic heterocycles. The third-order valence-corrected chi connectivity index (χ3v) is 4.55. The summed E-state index contributed by atoms with van der Waals surface area (Å²) in [6.45, 7) is 2.01. The van der Waals surface area contributed by atoms with Crippen LogP contribution in [0.2, 0.25) is 0 Å². The van der Waals surface area contributed by atoms with Crippen LogP contribution < -0.4 is 5.56 Å². The summed E-state index contributed by atoms with van der Waals surface area (Å²) < 4.78 is 2.95. The van der Waals surface area contributed by atoms with E-state index in [0.29, 0.717) is 16.6 Å². The monoisotopic (exact) mass is 358 g/mol. The van der Waals surface area contributed by atoms with Crippen molar-refractivity contribution in [1.29, 1.82) is 0 Å². The number of carbonyl (C=O) groups is 1. The van der Waals surface area contributed by atoms with Crippen molar-refractivity contribution in [3.8, 4) is 5.69 Å². The highest BCUT2D eigenvalue weighted by molar-refractivity contribution is 5.96. The number of aromatic nitrogens is 4. The molecule has 6 heteroatoms. The van der Waals surface area contributed by atoms with Crippen molar-refractivity contribution < 1.29 is 4.79 Å². The SMILES string of the molecule is CCc1ccc(C(=O)Cn2cnc3c(cnn3-c3ccccc3)c2=O)cc1. The first-order valence-corrected chi connectivity index (χ1v) is 8.78. The molecule has 27 heavy (non-hydrogen) atoms. The summed E-state index contributed by atoms with van der Waals surface area (Å²) in [5.74, 6) is -0.128. The molecule has 0 atom stereocenters. The van der Waals surface area contributed by atoms with E-state index >= 15 is 0 Å². The number of hydrogen-bond donors (Lipinski definition) is 0. The Hall–Kier alpha value is -3.54. The van der Waals surface area contributed by atoms with Gasteiger partial charge in [-0.25, -0.2) is 9.67 Å². The predicted octanol–water partition coefficient (Wildman–Crippen LogP) is 3.03. The van der Waals surface area contributed by atoms with Crippen LogP contribution in [0, 0.1) is 0 Å². The van der Waals surface area contributed by atoms with Gasteiger partial charge >= 0.3 is 0 Å². The number of benzene rings is 2. The number of Topliss-reactive ketones (excluding diaryl/α,β-unsaturated/α-hetero) is 1. The van der Waals surface area contributed by atoms with E-state index in [4.69, 9.17) is 0 Å². The summed E-state index contributed by atoms with van der Waals surface area (Å²) in [6, 6.07) is 16.9. The molecule has 2 aromatic heterocycles. The van der Waals surface area contributed by atoms with E-state index in [1.165, 1.54) is 22.7 Å². The molecular weight excluding hydrogens is 340 g/mol. The van der Waals surface area contributed by atoms with Gasteiger partial charge in [-0.3, -0.25) is 14.2 Å². The number of para-hydroxylation sites is 1. The molecule has 0 N–H and O–H groups in total. The van der Waals surface area contributed by atoms with Crippen molar-refractivity contribution in [3.63, 3.8) is 0 Å². The predicted molar refractivity (Wildman–Crippen MR) is 103 cm³/mol. The number of carbonyl (C=O) groups excluding carboxylic acids is 1. The molecule has 0 spiro atoms. The van der Waals surface area contributed by atoms with E-state index in [1.54, 1.807) is 16.8 Å². The van der Waals surface area contributed by atoms with Crippen LogP contribution in [0.25, 0.3) is 16.7 Å². The highest BCUT2D eigenvalue weighted by Crippen LogP contribution is 2.13. The smallest absolute Gasteiger partial charge is 0.264 e. The van der Waals surface area contributed by atoms with Crippen molar-refractivity contribution in [2.45, 2.75) is 19.9 Å². The first kappa shape index (κ1) is 16.9. The first-order chi connectivity index (χ1) is 13.2. The molecule has 0 bridgehead atoms. The fourth-order valence-corrected chi connectivity index (χ4v) is 2.99. The standard InChI is InChI=1S/C21H18N4O2/c1-2-15-8-10-16(11-9-15)19(26)13-24-14-22-20-18(21(24)27)12-23-25(20)17-6-4-3-5-7-17/h3-12,14H,2,13H2,1H3. The van der Waals surface area contributed by atoms with Gasteiger partial charge in [-0.1, -0.05) is 49.4 Å². The molecule has 0 amide bonds. The minimum absolute atomic E-state index is 0.0518. The van der Waals surface area contributed by atoms with E-state index in [0.717, 1.165) is 12.1 Å². The van der Waals surface area contributed by atoms with Gasteiger partial charge in [0.15, 0.2) is 11.4 Å². The lowest BCUT2D eigenvalue weighted by Crippen LogP contribution is -2.24. The van der Waals surface area contributed by atoms with E-state index < -0.39 is 0 Å². The zero-order valence-electron chi connectivity index (χ0n) is 14.9. The summed E-state index contributed by atoms with van der Waals surface area (Å²) in [5, 5.41) is 4.66. The largest absolute Gasteiger partial charge is 0.292 e. The second-order valence-corrected chi connectivity index (χ2v) is 6.28. The minimum atomic E-state index is -0.277. The number of fused-ring (bicyclic) bond motifs is 1. The number of hydrogen-bond acceptors (Lipinski definition) is 4. The van der Waals surface area contributed by atoms with Crippen LogP contribution in [0.15, 0.2) is 71.9 Å². The third-order valence-electron chi connectivity index (χ3n) is 4.55. The van der Waals surface area contributed by atoms with Crippen molar-refractivity contribution in [3.05, 3.63) is 88.6 Å². The molecule has 2 heterocycles. The van der Waals surface area contributed by atoms with Gasteiger partial charge in [0.1, 0.15) is 11.7 Å². The van der Waals surface area contributed by atoms with Gasteiger partial charge in [-0.05, 0) is 24.1 Å². The number of ketones is 1. The average molecular weight is 358 g/mol. The molecule has 4 aromatic rings. The van der Waals surface area contributed by atoms with Crippen LogP contribution in [0.5, 0.6) is 0 Å². The van der Waals surface area contributed by atoms with Crippen molar-refractivity contribution in [2.75, 3.05) is 0 Å². The normalized spacial score (nSPS) is 11.0. The van der Waals surface area contributed by atoms with Crippen LogP contribution in [-0.4, -0.2) is 25.1 Å². The van der Waals surface area contributed by atoms with E-state index in [1.807, 2.05) is 42.5 Å². The number of rotatable bonds is 5. The van der Waals surface area contributed by atoms with Gasteiger partial charge in [0.25, 0.3) is 5.56 Å². The van der Waals surface area contributed by atoms with Crippen LogP contribution in [0.4, 0.5) is 0 Å². The lowest BCUT2D eigenvalue weighted by atomic mass is 10.1. The second-order valence-electron chi connectivity index (χ2n) is 6.28. The molecular formula is C21H18N4O2. The van der Waals surface area contributed by atoms with Crippen LogP contribution in [0.1, 0.15) is 22.8 Å². The molecule has 134 valence electrons. The van der Waals surface area contributed by atoms with Crippen LogP contribution in [0.3, 0.4) is 0 Å². The molecule has 6 nitrogen and oxygen atoms in total. The van der Waals surface area contributed by atoms with Crippen molar-refractivity contribution in [2.24, 2.45) is 0 Å². The van der Waals surface area contributed by atoms with E-state index in [2.05, 4.69) is 17.0 Å². The summed E-state index contributed by atoms with van der Waals surface area (Å²) in [6.07, 6.45) is 3.82. The van der Waals surface area contributed by atoms with Gasteiger partial charge in [0.05, 0.1) is 18.4 Å². The second kappa shape index (κ2) is 6.99. The Morgan fingerprint density at radius 1 is 1.04 bits per heavy atom. The minimum Gasteiger partial charge on any atom is -0.292 e. The quantitative estimate of drug-likeness (QED) is 0.514. The Labute approximate surface area is 155 Å². The zero-order valence-corrected chi connectivity index (χ0v) is 14.9. The van der Waals surface area contributed by atoms with Crippen LogP contribution in [-0.2, 0) is 13.0 Å². The van der Waals surface area contributed by atoms with Crippen molar-refractivity contribution >= 4 is 16.8 Å². The molecule has 2 aromatic carbocycles. The number of nitrogens with zero attached hydrogens (tertiary/aromatic N) is 4. The molecule has 0 saturated carbocycles. The third kappa shape index (κ3) is 3.17. The topological polar surface area (TPSA) is 69.8 Å². The fourth-order valence-electron chi connectivity index (χ4n) is 2.99. The Balaban J connectivity index is 1.66. The fraction of sp³-hybridized carbons (Fsp3) is 0.143. The Kier molecular flexibility index (Phi) is 4.38. The zero-order chi connectivity index (χ0) is 18.8. The van der Waals surface area contributed by atoms with Gasteiger partial charge in [-0.2, -0.15) is 5.10 Å². The molecule has 0 aliphatic rings. The summed E-state index contributed by atoms with van der Waals surface area (Å²) in [5.41, 5.74) is 2.77. The summed E-state index contributed by atoms with van der Waals surface area (Å²) >= 11 is 0. The lowest BCUT2D eigenvalue weighted by molar-refractivity contribution is 0.0970. The van der Waals surface area contributed by atoms with E-state index in [9.17, 15) is 9.59 Å². The maximum Gasteiger partial charge on any atom is 0.264 e.